The number of hydrogen-bond donors (Lipinski definition) is 4. The Morgan fingerprint density at radius 3 is 2.86 bits per heavy atom. The lowest BCUT2D eigenvalue weighted by Crippen LogP contribution is -2.35. The van der Waals surface area contributed by atoms with E-state index in [1.807, 2.05) is 22.6 Å². The molecule has 4 rings (SSSR count). The normalized spacial score (nSPS) is 37.9. The molecule has 2 fully saturated rings. The molecule has 0 aliphatic heterocycles. The van der Waals surface area contributed by atoms with E-state index in [-0.39, 0.29) is 18.6 Å². The molecule has 0 aromatic carbocycles. The molecule has 8 nitrogen and oxygen atoms in total. The standard InChI is InChI=1S/C12H14IN5O3/c13-11-16-9(14)5-10(17-11)18(3-15-5)6-4-1-12(4,2-19)8(21)7(6)20/h3-4,6-8,19-21H,1-2H2,(H2,14,16,17). The van der Waals surface area contributed by atoms with Crippen molar-refractivity contribution < 1.29 is 15.3 Å². The summed E-state index contributed by atoms with van der Waals surface area (Å²) in [4.78, 5) is 12.6. The van der Waals surface area contributed by atoms with Crippen molar-refractivity contribution in [3.8, 4) is 0 Å². The minimum Gasteiger partial charge on any atom is -0.396 e. The molecule has 2 aromatic heterocycles. The first-order valence-electron chi connectivity index (χ1n) is 6.62. The van der Waals surface area contributed by atoms with Crippen molar-refractivity contribution in [3.05, 3.63) is 10.2 Å². The van der Waals surface area contributed by atoms with Crippen LogP contribution in [0, 0.1) is 15.2 Å². The topological polar surface area (TPSA) is 130 Å². The van der Waals surface area contributed by atoms with E-state index in [0.717, 1.165) is 0 Å². The Balaban J connectivity index is 1.85. The third kappa shape index (κ3) is 1.62. The highest BCUT2D eigenvalue weighted by atomic mass is 127. The second kappa shape index (κ2) is 4.24. The Bertz CT molecular complexity index is 737. The lowest BCUT2D eigenvalue weighted by molar-refractivity contribution is -0.0300. The van der Waals surface area contributed by atoms with Crippen molar-refractivity contribution >= 4 is 39.6 Å². The van der Waals surface area contributed by atoms with Crippen LogP contribution in [0.2, 0.25) is 0 Å². The van der Waals surface area contributed by atoms with E-state index >= 15 is 0 Å². The molecule has 2 heterocycles. The summed E-state index contributed by atoms with van der Waals surface area (Å²) in [7, 11) is 0. The van der Waals surface area contributed by atoms with Crippen LogP contribution < -0.4 is 5.73 Å². The Kier molecular flexibility index (Phi) is 2.75. The molecule has 2 aliphatic carbocycles. The van der Waals surface area contributed by atoms with Crippen LogP contribution in [0.3, 0.4) is 0 Å². The van der Waals surface area contributed by atoms with Gasteiger partial charge in [0, 0.05) is 28.0 Å². The van der Waals surface area contributed by atoms with Crippen LogP contribution in [0.1, 0.15) is 12.5 Å². The smallest absolute Gasteiger partial charge is 0.194 e. The average Bonchev–Trinajstić information content (AvgIpc) is 2.97. The van der Waals surface area contributed by atoms with Crippen molar-refractivity contribution in [2.45, 2.75) is 24.7 Å². The minimum atomic E-state index is -0.956. The van der Waals surface area contributed by atoms with Crippen molar-refractivity contribution in [2.24, 2.45) is 11.3 Å². The monoisotopic (exact) mass is 403 g/mol. The summed E-state index contributed by atoms with van der Waals surface area (Å²) in [5.74, 6) is 0.305. The predicted molar refractivity (Wildman–Crippen MR) is 81.1 cm³/mol. The van der Waals surface area contributed by atoms with Crippen molar-refractivity contribution in [1.82, 2.24) is 19.5 Å². The quantitative estimate of drug-likeness (QED) is 0.385. The summed E-state index contributed by atoms with van der Waals surface area (Å²) < 4.78 is 2.25. The van der Waals surface area contributed by atoms with Crippen LogP contribution in [0.15, 0.2) is 6.33 Å². The molecular formula is C12H14IN5O3. The molecule has 0 radical (unpaired) electrons. The van der Waals surface area contributed by atoms with Crippen molar-refractivity contribution in [2.75, 3.05) is 12.3 Å². The number of aliphatic hydroxyl groups is 3. The summed E-state index contributed by atoms with van der Waals surface area (Å²) in [6.45, 7) is -0.131. The lowest BCUT2D eigenvalue weighted by atomic mass is 10.0. The largest absolute Gasteiger partial charge is 0.396 e. The van der Waals surface area contributed by atoms with Crippen molar-refractivity contribution in [1.29, 1.82) is 0 Å². The molecule has 0 saturated heterocycles. The Hall–Kier alpha value is -1.04. The van der Waals surface area contributed by atoms with Crippen LogP contribution in [0.25, 0.3) is 11.2 Å². The number of aromatic nitrogens is 4. The molecule has 0 spiro atoms. The molecule has 5 N–H and O–H groups in total. The fourth-order valence-electron chi connectivity index (χ4n) is 3.68. The van der Waals surface area contributed by atoms with Crippen LogP contribution in [0.4, 0.5) is 5.82 Å². The van der Waals surface area contributed by atoms with Gasteiger partial charge in [0.05, 0.1) is 25.1 Å². The van der Waals surface area contributed by atoms with E-state index in [1.54, 1.807) is 10.9 Å². The maximum Gasteiger partial charge on any atom is 0.194 e. The molecule has 0 amide bonds. The zero-order chi connectivity index (χ0) is 14.9. The summed E-state index contributed by atoms with van der Waals surface area (Å²) in [6, 6.07) is -0.359. The van der Waals surface area contributed by atoms with Gasteiger partial charge >= 0.3 is 0 Å². The Morgan fingerprint density at radius 2 is 2.19 bits per heavy atom. The fraction of sp³-hybridized carbons (Fsp3) is 0.583. The average molecular weight is 403 g/mol. The number of anilines is 1. The van der Waals surface area contributed by atoms with Gasteiger partial charge in [0.1, 0.15) is 11.6 Å². The number of aliphatic hydroxyl groups excluding tert-OH is 3. The first-order chi connectivity index (χ1) is 9.99. The van der Waals surface area contributed by atoms with E-state index in [1.165, 1.54) is 0 Å². The van der Waals surface area contributed by atoms with E-state index in [0.29, 0.717) is 27.2 Å². The van der Waals surface area contributed by atoms with Gasteiger partial charge in [0.25, 0.3) is 0 Å². The highest BCUT2D eigenvalue weighted by Crippen LogP contribution is 2.67. The third-order valence-electron chi connectivity index (χ3n) is 4.89. The van der Waals surface area contributed by atoms with Gasteiger partial charge in [0.2, 0.25) is 0 Å². The second-order valence-electron chi connectivity index (χ2n) is 5.83. The first kappa shape index (κ1) is 13.6. The predicted octanol–water partition coefficient (Wildman–Crippen LogP) is -0.712. The van der Waals surface area contributed by atoms with Crippen LogP contribution in [0.5, 0.6) is 0 Å². The number of halogens is 1. The van der Waals surface area contributed by atoms with Gasteiger partial charge < -0.3 is 25.6 Å². The number of nitrogens with zero attached hydrogens (tertiary/aromatic N) is 4. The summed E-state index contributed by atoms with van der Waals surface area (Å²) in [5, 5.41) is 30.1. The SMILES string of the molecule is Nc1nc(I)nc2c1ncn2C1C(O)C(O)C2(CO)CC12. The molecule has 2 saturated carbocycles. The second-order valence-corrected chi connectivity index (χ2v) is 6.79. The third-order valence-corrected chi connectivity index (χ3v) is 5.37. The highest BCUT2D eigenvalue weighted by molar-refractivity contribution is 14.1. The van der Waals surface area contributed by atoms with Gasteiger partial charge in [0.15, 0.2) is 15.3 Å². The van der Waals surface area contributed by atoms with Gasteiger partial charge in [-0.1, -0.05) is 0 Å². The minimum absolute atomic E-state index is 0.0127. The van der Waals surface area contributed by atoms with Crippen molar-refractivity contribution in [3.63, 3.8) is 0 Å². The molecular weight excluding hydrogens is 389 g/mol. The Labute approximate surface area is 133 Å². The van der Waals surface area contributed by atoms with Gasteiger partial charge in [-0.15, -0.1) is 0 Å². The summed E-state index contributed by atoms with van der Waals surface area (Å²) in [5.41, 5.74) is 6.28. The Morgan fingerprint density at radius 1 is 1.43 bits per heavy atom. The van der Waals surface area contributed by atoms with E-state index < -0.39 is 17.6 Å². The van der Waals surface area contributed by atoms with Gasteiger partial charge in [-0.3, -0.25) is 0 Å². The number of rotatable bonds is 2. The summed E-state index contributed by atoms with van der Waals surface area (Å²) >= 11 is 1.97. The number of fused-ring (bicyclic) bond motifs is 2. The van der Waals surface area contributed by atoms with Gasteiger partial charge in [-0.05, 0) is 12.3 Å². The molecule has 2 aliphatic rings. The molecule has 21 heavy (non-hydrogen) atoms. The number of imidazole rings is 1. The zero-order valence-electron chi connectivity index (χ0n) is 10.9. The molecule has 5 unspecified atom stereocenters. The fourth-order valence-corrected chi connectivity index (χ4v) is 4.17. The number of nitrogen functional groups attached to an aromatic ring is 1. The molecule has 5 atom stereocenters. The van der Waals surface area contributed by atoms with E-state index in [2.05, 4.69) is 15.0 Å². The van der Waals surface area contributed by atoms with Gasteiger partial charge in [-0.2, -0.15) is 0 Å². The van der Waals surface area contributed by atoms with Crippen LogP contribution in [-0.2, 0) is 0 Å². The molecule has 112 valence electrons. The zero-order valence-corrected chi connectivity index (χ0v) is 13.0. The van der Waals surface area contributed by atoms with E-state index in [4.69, 9.17) is 5.73 Å². The van der Waals surface area contributed by atoms with Crippen LogP contribution in [-0.4, -0.2) is 53.7 Å². The lowest BCUT2D eigenvalue weighted by Gasteiger charge is -2.23. The highest BCUT2D eigenvalue weighted by Gasteiger charge is 2.71. The number of nitrogens with two attached hydrogens (primary N) is 1. The van der Waals surface area contributed by atoms with Gasteiger partial charge in [-0.25, -0.2) is 15.0 Å². The summed E-state index contributed by atoms with van der Waals surface area (Å²) in [6.07, 6.45) is 0.359. The maximum absolute atomic E-state index is 10.3. The van der Waals surface area contributed by atoms with E-state index in [9.17, 15) is 15.3 Å². The first-order valence-corrected chi connectivity index (χ1v) is 7.70. The molecule has 2 aromatic rings. The number of hydrogen-bond acceptors (Lipinski definition) is 7. The molecule has 0 bridgehead atoms. The maximum atomic E-state index is 10.3. The molecule has 9 heteroatoms. The van der Waals surface area contributed by atoms with Crippen LogP contribution >= 0.6 is 22.6 Å².